The Balaban J connectivity index is 1.61. The molecule has 1 heterocycles. The van der Waals surface area contributed by atoms with Crippen LogP contribution >= 0.6 is 11.6 Å². The fourth-order valence-corrected chi connectivity index (χ4v) is 5.17. The maximum atomic E-state index is 12.4. The fraction of sp³-hybridized carbons (Fsp3) is 0.423. The van der Waals surface area contributed by atoms with Crippen molar-refractivity contribution in [3.05, 3.63) is 75.2 Å². The van der Waals surface area contributed by atoms with Gasteiger partial charge in [-0.25, -0.2) is 0 Å². The van der Waals surface area contributed by atoms with Crippen LogP contribution in [0.2, 0.25) is 5.02 Å². The Morgan fingerprint density at radius 1 is 1.19 bits per heavy atom. The minimum Gasteiger partial charge on any atom is -0.489 e. The van der Waals surface area contributed by atoms with Crippen LogP contribution in [0.5, 0.6) is 5.75 Å². The first kappa shape index (κ1) is 21.9. The standard InChI is InChI=1S/C26H31ClN2O2/c1-3-26(17(2)28)11-9-20(10-12-26)31-24-15-21-19(13-18-7-5-4-6-8-18)16-29-25(30)22(21)14-23(24)27/h4-8,14-17,20H,3,9-13,28H2,1-2H3,(H,29,30)/t17-,20-,26-/m1/s1. The molecular weight excluding hydrogens is 408 g/mol. The minimum atomic E-state index is -0.136. The molecule has 3 aromatic rings. The van der Waals surface area contributed by atoms with Gasteiger partial charge in [0.2, 0.25) is 0 Å². The lowest BCUT2D eigenvalue weighted by atomic mass is 9.67. The van der Waals surface area contributed by atoms with E-state index < -0.39 is 0 Å². The van der Waals surface area contributed by atoms with Crippen LogP contribution in [0.15, 0.2) is 53.5 Å². The Labute approximate surface area is 188 Å². The van der Waals surface area contributed by atoms with Crippen LogP contribution in [-0.2, 0) is 6.42 Å². The summed E-state index contributed by atoms with van der Waals surface area (Å²) >= 11 is 6.54. The second-order valence-electron chi connectivity index (χ2n) is 8.96. The zero-order valence-corrected chi connectivity index (χ0v) is 19.0. The van der Waals surface area contributed by atoms with Crippen molar-refractivity contribution < 1.29 is 4.74 Å². The normalized spacial score (nSPS) is 22.4. The van der Waals surface area contributed by atoms with E-state index >= 15 is 0 Å². The van der Waals surface area contributed by atoms with Crippen molar-refractivity contribution in [2.24, 2.45) is 11.1 Å². The Hall–Kier alpha value is -2.30. The summed E-state index contributed by atoms with van der Waals surface area (Å²) in [7, 11) is 0. The van der Waals surface area contributed by atoms with Gasteiger partial charge in [-0.05, 0) is 79.5 Å². The summed E-state index contributed by atoms with van der Waals surface area (Å²) in [5.74, 6) is 0.656. The van der Waals surface area contributed by atoms with E-state index in [1.54, 1.807) is 12.3 Å². The fourth-order valence-electron chi connectivity index (χ4n) is 4.96. The van der Waals surface area contributed by atoms with E-state index in [2.05, 4.69) is 31.0 Å². The second-order valence-corrected chi connectivity index (χ2v) is 9.36. The molecule has 1 aromatic heterocycles. The maximum Gasteiger partial charge on any atom is 0.255 e. The van der Waals surface area contributed by atoms with Crippen LogP contribution in [0.1, 0.15) is 57.1 Å². The number of nitrogens with two attached hydrogens (primary N) is 1. The van der Waals surface area contributed by atoms with Gasteiger partial charge in [-0.2, -0.15) is 0 Å². The van der Waals surface area contributed by atoms with Crippen LogP contribution < -0.4 is 16.0 Å². The molecule has 3 N–H and O–H groups in total. The first-order valence-corrected chi connectivity index (χ1v) is 11.6. The van der Waals surface area contributed by atoms with Gasteiger partial charge in [-0.15, -0.1) is 0 Å². The third-order valence-corrected chi connectivity index (χ3v) is 7.46. The number of rotatable bonds is 6. The van der Waals surface area contributed by atoms with E-state index in [0.29, 0.717) is 16.2 Å². The third-order valence-electron chi connectivity index (χ3n) is 7.17. The molecule has 4 nitrogen and oxygen atoms in total. The highest BCUT2D eigenvalue weighted by molar-refractivity contribution is 6.32. The largest absolute Gasteiger partial charge is 0.489 e. The highest BCUT2D eigenvalue weighted by Crippen LogP contribution is 2.43. The van der Waals surface area contributed by atoms with Gasteiger partial charge in [-0.3, -0.25) is 4.79 Å². The number of aromatic amines is 1. The summed E-state index contributed by atoms with van der Waals surface area (Å²) in [5, 5.41) is 1.96. The highest BCUT2D eigenvalue weighted by atomic mass is 35.5. The Morgan fingerprint density at radius 2 is 1.90 bits per heavy atom. The summed E-state index contributed by atoms with van der Waals surface area (Å²) in [6, 6.07) is 14.1. The molecular formula is C26H31ClN2O2. The van der Waals surface area contributed by atoms with Crippen molar-refractivity contribution in [2.45, 2.75) is 64.5 Å². The number of ether oxygens (including phenoxy) is 1. The molecule has 1 atom stereocenters. The lowest BCUT2D eigenvalue weighted by Crippen LogP contribution is -2.43. The first-order valence-electron chi connectivity index (χ1n) is 11.2. The lowest BCUT2D eigenvalue weighted by Gasteiger charge is -2.42. The quantitative estimate of drug-likeness (QED) is 0.508. The van der Waals surface area contributed by atoms with Crippen molar-refractivity contribution in [1.29, 1.82) is 0 Å². The average Bonchev–Trinajstić information content (AvgIpc) is 2.78. The van der Waals surface area contributed by atoms with Crippen LogP contribution in [0, 0.1) is 5.41 Å². The molecule has 0 spiro atoms. The summed E-state index contributed by atoms with van der Waals surface area (Å²) in [4.78, 5) is 15.3. The summed E-state index contributed by atoms with van der Waals surface area (Å²) in [6.45, 7) is 4.35. The maximum absolute atomic E-state index is 12.4. The molecule has 0 amide bonds. The Bertz CT molecular complexity index is 1100. The second kappa shape index (κ2) is 9.05. The number of benzene rings is 2. The molecule has 1 fully saturated rings. The minimum absolute atomic E-state index is 0.118. The van der Waals surface area contributed by atoms with E-state index in [9.17, 15) is 4.79 Å². The molecule has 5 heteroatoms. The molecule has 1 saturated carbocycles. The number of H-pyrrole nitrogens is 1. The van der Waals surface area contributed by atoms with E-state index in [-0.39, 0.29) is 23.1 Å². The smallest absolute Gasteiger partial charge is 0.255 e. The SMILES string of the molecule is CC[C@]1([C@@H](C)N)CC[C@H](Oc2cc3c(Cc4ccccc4)c[nH]c(=O)c3cc2Cl)CC1. The predicted molar refractivity (Wildman–Crippen MR) is 128 cm³/mol. The number of hydrogen-bond acceptors (Lipinski definition) is 3. The third kappa shape index (κ3) is 4.51. The van der Waals surface area contributed by atoms with Crippen molar-refractivity contribution >= 4 is 22.4 Å². The number of aromatic nitrogens is 1. The van der Waals surface area contributed by atoms with Crippen LogP contribution in [0.4, 0.5) is 0 Å². The Kier molecular flexibility index (Phi) is 6.40. The number of hydrogen-bond donors (Lipinski definition) is 2. The van der Waals surface area contributed by atoms with Crippen molar-refractivity contribution in [1.82, 2.24) is 4.98 Å². The van der Waals surface area contributed by atoms with Gasteiger partial charge in [0.05, 0.1) is 11.1 Å². The van der Waals surface area contributed by atoms with Crippen LogP contribution in [-0.4, -0.2) is 17.1 Å². The molecule has 0 radical (unpaired) electrons. The average molecular weight is 439 g/mol. The number of nitrogens with one attached hydrogen (secondary N) is 1. The molecule has 0 unspecified atom stereocenters. The lowest BCUT2D eigenvalue weighted by molar-refractivity contribution is 0.0619. The number of pyridine rings is 1. The van der Waals surface area contributed by atoms with Gasteiger partial charge in [0.1, 0.15) is 5.75 Å². The number of fused-ring (bicyclic) bond motifs is 1. The van der Waals surface area contributed by atoms with Crippen LogP contribution in [0.3, 0.4) is 0 Å². The van der Waals surface area contributed by atoms with Crippen LogP contribution in [0.25, 0.3) is 10.8 Å². The highest BCUT2D eigenvalue weighted by Gasteiger charge is 2.37. The first-order chi connectivity index (χ1) is 14.9. The van der Waals surface area contributed by atoms with Gasteiger partial charge in [0.25, 0.3) is 5.56 Å². The summed E-state index contributed by atoms with van der Waals surface area (Å²) in [6.07, 6.45) is 7.81. The van der Waals surface area contributed by atoms with Gasteiger partial charge in [0.15, 0.2) is 0 Å². The van der Waals surface area contributed by atoms with Gasteiger partial charge >= 0.3 is 0 Å². The van der Waals surface area contributed by atoms with E-state index in [1.165, 1.54) is 5.56 Å². The van der Waals surface area contributed by atoms with E-state index in [1.807, 2.05) is 24.3 Å². The molecule has 0 aliphatic heterocycles. The zero-order valence-electron chi connectivity index (χ0n) is 18.3. The van der Waals surface area contributed by atoms with E-state index in [4.69, 9.17) is 22.1 Å². The summed E-state index contributed by atoms with van der Waals surface area (Å²) in [5.41, 5.74) is 8.61. The van der Waals surface area contributed by atoms with Crippen molar-refractivity contribution in [3.8, 4) is 5.75 Å². The monoisotopic (exact) mass is 438 g/mol. The molecule has 0 bridgehead atoms. The topological polar surface area (TPSA) is 68.1 Å². The molecule has 0 saturated heterocycles. The molecule has 164 valence electrons. The Morgan fingerprint density at radius 3 is 2.55 bits per heavy atom. The molecule has 2 aromatic carbocycles. The molecule has 1 aliphatic rings. The molecule has 31 heavy (non-hydrogen) atoms. The van der Waals surface area contributed by atoms with Crippen molar-refractivity contribution in [2.75, 3.05) is 0 Å². The van der Waals surface area contributed by atoms with Gasteiger partial charge < -0.3 is 15.5 Å². The van der Waals surface area contributed by atoms with Gasteiger partial charge in [0, 0.05) is 17.6 Å². The van der Waals surface area contributed by atoms with Crippen molar-refractivity contribution in [3.63, 3.8) is 0 Å². The van der Waals surface area contributed by atoms with E-state index in [0.717, 1.165) is 49.5 Å². The molecule has 1 aliphatic carbocycles. The molecule has 4 rings (SSSR count). The van der Waals surface area contributed by atoms with Gasteiger partial charge in [-0.1, -0.05) is 48.9 Å². The predicted octanol–water partition coefficient (Wildman–Crippen LogP) is 5.84. The zero-order chi connectivity index (χ0) is 22.0. The summed E-state index contributed by atoms with van der Waals surface area (Å²) < 4.78 is 6.37. The number of halogens is 1.